The van der Waals surface area contributed by atoms with Crippen molar-refractivity contribution >= 4 is 50.0 Å². The first kappa shape index (κ1) is 18.9. The van der Waals surface area contributed by atoms with E-state index in [0.717, 1.165) is 26.6 Å². The van der Waals surface area contributed by atoms with Gasteiger partial charge in [-0.25, -0.2) is 4.79 Å². The molecule has 0 saturated heterocycles. The molecule has 4 rings (SSSR count). The van der Waals surface area contributed by atoms with Gasteiger partial charge in [-0.1, -0.05) is 30.3 Å². The van der Waals surface area contributed by atoms with Crippen LogP contribution in [0, 0.1) is 19.3 Å². The Bertz CT molecular complexity index is 1350. The molecule has 0 aliphatic carbocycles. The van der Waals surface area contributed by atoms with Gasteiger partial charge in [0.25, 0.3) is 5.91 Å². The van der Waals surface area contributed by atoms with E-state index in [9.17, 15) is 9.59 Å². The Kier molecular flexibility index (Phi) is 4.68. The maximum absolute atomic E-state index is 13.0. The molecule has 29 heavy (non-hydrogen) atoms. The van der Waals surface area contributed by atoms with Crippen molar-refractivity contribution < 1.29 is 18.7 Å². The molecular weight excluding hydrogens is 388 g/mol. The van der Waals surface area contributed by atoms with Crippen LogP contribution >= 0.6 is 11.3 Å². The highest BCUT2D eigenvalue weighted by atomic mass is 32.1. The van der Waals surface area contributed by atoms with E-state index in [0.29, 0.717) is 16.1 Å². The van der Waals surface area contributed by atoms with E-state index in [1.165, 1.54) is 18.4 Å². The van der Waals surface area contributed by atoms with Gasteiger partial charge >= 0.3 is 5.97 Å². The van der Waals surface area contributed by atoms with E-state index >= 15 is 0 Å². The predicted molar refractivity (Wildman–Crippen MR) is 113 cm³/mol. The van der Waals surface area contributed by atoms with Gasteiger partial charge < -0.3 is 14.5 Å². The molecule has 4 aromatic rings. The summed E-state index contributed by atoms with van der Waals surface area (Å²) in [6.45, 7) is 3.68. The molecule has 0 bridgehead atoms. The molecule has 146 valence electrons. The summed E-state index contributed by atoms with van der Waals surface area (Å²) in [5.41, 5.74) is 1.47. The summed E-state index contributed by atoms with van der Waals surface area (Å²) in [5, 5.41) is 14.0. The number of anilines is 1. The number of benzene rings is 2. The second-order valence-electron chi connectivity index (χ2n) is 6.62. The second kappa shape index (κ2) is 7.18. The van der Waals surface area contributed by atoms with Gasteiger partial charge in [0.05, 0.1) is 12.7 Å². The number of rotatable bonds is 3. The van der Waals surface area contributed by atoms with Crippen LogP contribution in [0.2, 0.25) is 0 Å². The van der Waals surface area contributed by atoms with Crippen LogP contribution in [0.4, 0.5) is 5.00 Å². The number of esters is 1. The Morgan fingerprint density at radius 2 is 1.86 bits per heavy atom. The third-order valence-electron chi connectivity index (χ3n) is 4.92. The third-order valence-corrected chi connectivity index (χ3v) is 6.05. The summed E-state index contributed by atoms with van der Waals surface area (Å²) in [7, 11) is 1.30. The number of nitrogens with one attached hydrogen (secondary N) is 2. The fourth-order valence-corrected chi connectivity index (χ4v) is 4.33. The molecule has 0 aliphatic rings. The molecule has 2 heterocycles. The first-order chi connectivity index (χ1) is 13.9. The SMILES string of the molecule is COC(=O)c1c(NC(=O)c2cc3c(ccc4ccccc43)oc2=N)sc(C)c1C. The summed E-state index contributed by atoms with van der Waals surface area (Å²) in [6, 6.07) is 13.1. The lowest BCUT2D eigenvalue weighted by atomic mass is 10.0. The Balaban J connectivity index is 1.81. The minimum Gasteiger partial charge on any atom is -0.465 e. The normalized spacial score (nSPS) is 11.0. The number of methoxy groups -OCH3 is 1. The molecular formula is C22H18N2O4S. The van der Waals surface area contributed by atoms with Crippen LogP contribution in [0.15, 0.2) is 46.9 Å². The van der Waals surface area contributed by atoms with Crippen LogP contribution in [0.3, 0.4) is 0 Å². The maximum atomic E-state index is 13.0. The zero-order chi connectivity index (χ0) is 20.7. The number of hydrogen-bond acceptors (Lipinski definition) is 6. The average molecular weight is 406 g/mol. The van der Waals surface area contributed by atoms with Crippen molar-refractivity contribution in [3.8, 4) is 0 Å². The van der Waals surface area contributed by atoms with Crippen LogP contribution in [0.5, 0.6) is 0 Å². The summed E-state index contributed by atoms with van der Waals surface area (Å²) in [6.07, 6.45) is 0. The molecule has 7 heteroatoms. The lowest BCUT2D eigenvalue weighted by molar-refractivity contribution is 0.0601. The molecule has 1 amide bonds. The van der Waals surface area contributed by atoms with Crippen molar-refractivity contribution in [2.75, 3.05) is 12.4 Å². The third kappa shape index (κ3) is 3.19. The quantitative estimate of drug-likeness (QED) is 0.378. The van der Waals surface area contributed by atoms with E-state index in [4.69, 9.17) is 14.6 Å². The fraction of sp³-hybridized carbons (Fsp3) is 0.136. The molecule has 0 fully saturated rings. The van der Waals surface area contributed by atoms with Gasteiger partial charge in [-0.2, -0.15) is 0 Å². The van der Waals surface area contributed by atoms with Crippen LogP contribution in [-0.2, 0) is 4.74 Å². The smallest absolute Gasteiger partial charge is 0.341 e. The van der Waals surface area contributed by atoms with Crippen molar-refractivity contribution in [3.63, 3.8) is 0 Å². The van der Waals surface area contributed by atoms with E-state index in [-0.39, 0.29) is 11.1 Å². The van der Waals surface area contributed by atoms with Gasteiger partial charge in [-0.05, 0) is 42.3 Å². The summed E-state index contributed by atoms with van der Waals surface area (Å²) in [5.74, 6) is -1.03. The molecule has 0 unspecified atom stereocenters. The molecule has 0 aliphatic heterocycles. The zero-order valence-corrected chi connectivity index (χ0v) is 16.9. The number of carbonyl (C=O) groups is 2. The number of thiophene rings is 1. The molecule has 2 aromatic carbocycles. The molecule has 0 atom stereocenters. The Morgan fingerprint density at radius 3 is 2.62 bits per heavy atom. The predicted octanol–water partition coefficient (Wildman–Crippen LogP) is 4.78. The van der Waals surface area contributed by atoms with E-state index < -0.39 is 11.9 Å². The number of fused-ring (bicyclic) bond motifs is 3. The Morgan fingerprint density at radius 1 is 1.10 bits per heavy atom. The maximum Gasteiger partial charge on any atom is 0.341 e. The van der Waals surface area contributed by atoms with Gasteiger partial charge in [-0.15, -0.1) is 11.3 Å². The molecule has 0 saturated carbocycles. The lowest BCUT2D eigenvalue weighted by Crippen LogP contribution is -2.21. The zero-order valence-electron chi connectivity index (χ0n) is 16.1. The Hall–Kier alpha value is -3.45. The van der Waals surface area contributed by atoms with Crippen molar-refractivity contribution in [1.82, 2.24) is 0 Å². The summed E-state index contributed by atoms with van der Waals surface area (Å²) in [4.78, 5) is 26.0. The standard InChI is InChI=1S/C22H18N2O4S/c1-11-12(2)29-21(18(11)22(26)27-3)24-20(25)16-10-15-14-7-5-4-6-13(14)8-9-17(15)28-19(16)23/h4-10,23H,1-3H3,(H,24,25). The minimum atomic E-state index is -0.514. The number of carbonyl (C=O) groups excluding carboxylic acids is 2. The highest BCUT2D eigenvalue weighted by Crippen LogP contribution is 2.33. The lowest BCUT2D eigenvalue weighted by Gasteiger charge is -2.08. The van der Waals surface area contributed by atoms with E-state index in [1.54, 1.807) is 19.1 Å². The van der Waals surface area contributed by atoms with Gasteiger partial charge in [0, 0.05) is 10.3 Å². The summed E-state index contributed by atoms with van der Waals surface area (Å²) < 4.78 is 10.5. The van der Waals surface area contributed by atoms with Crippen molar-refractivity contribution in [1.29, 1.82) is 5.41 Å². The summed E-state index contributed by atoms with van der Waals surface area (Å²) >= 11 is 1.30. The van der Waals surface area contributed by atoms with Gasteiger partial charge in [0.15, 0.2) is 0 Å². The second-order valence-corrected chi connectivity index (χ2v) is 7.85. The van der Waals surface area contributed by atoms with Crippen LogP contribution < -0.4 is 10.9 Å². The minimum absolute atomic E-state index is 0.0911. The average Bonchev–Trinajstić information content (AvgIpc) is 2.99. The van der Waals surface area contributed by atoms with Crippen molar-refractivity contribution in [3.05, 3.63) is 69.6 Å². The molecule has 2 aromatic heterocycles. The van der Waals surface area contributed by atoms with E-state index in [2.05, 4.69) is 5.32 Å². The number of aryl methyl sites for hydroxylation is 1. The fourth-order valence-electron chi connectivity index (χ4n) is 3.29. The Labute approximate surface area is 170 Å². The van der Waals surface area contributed by atoms with Crippen LogP contribution in [-0.4, -0.2) is 19.0 Å². The van der Waals surface area contributed by atoms with Crippen molar-refractivity contribution in [2.45, 2.75) is 13.8 Å². The largest absolute Gasteiger partial charge is 0.465 e. The first-order valence-corrected chi connectivity index (χ1v) is 9.72. The monoisotopic (exact) mass is 406 g/mol. The number of amides is 1. The van der Waals surface area contributed by atoms with Gasteiger partial charge in [-0.3, -0.25) is 10.2 Å². The molecule has 6 nitrogen and oxygen atoms in total. The van der Waals surface area contributed by atoms with Gasteiger partial charge in [0.1, 0.15) is 16.1 Å². The molecule has 2 N–H and O–H groups in total. The number of hydrogen-bond donors (Lipinski definition) is 2. The molecule has 0 radical (unpaired) electrons. The topological polar surface area (TPSA) is 92.4 Å². The highest BCUT2D eigenvalue weighted by Gasteiger charge is 2.23. The first-order valence-electron chi connectivity index (χ1n) is 8.90. The number of ether oxygens (including phenoxy) is 1. The van der Waals surface area contributed by atoms with Gasteiger partial charge in [0.2, 0.25) is 5.55 Å². The highest BCUT2D eigenvalue weighted by molar-refractivity contribution is 7.16. The van der Waals surface area contributed by atoms with Crippen LogP contribution in [0.1, 0.15) is 31.2 Å². The van der Waals surface area contributed by atoms with Crippen molar-refractivity contribution in [2.24, 2.45) is 0 Å². The van der Waals surface area contributed by atoms with Crippen LogP contribution in [0.25, 0.3) is 21.7 Å². The molecule has 0 spiro atoms. The van der Waals surface area contributed by atoms with E-state index in [1.807, 2.05) is 37.3 Å².